The quantitative estimate of drug-likeness (QED) is 0.284. The van der Waals surface area contributed by atoms with E-state index in [2.05, 4.69) is 0 Å². The lowest BCUT2D eigenvalue weighted by atomic mass is 10.0. The number of hydrogen-bond donors (Lipinski definition) is 3. The van der Waals surface area contributed by atoms with Crippen LogP contribution in [-0.2, 0) is 18.0 Å². The molecule has 2 rings (SSSR count). The summed E-state index contributed by atoms with van der Waals surface area (Å²) in [7, 11) is 1.62. The van der Waals surface area contributed by atoms with Crippen LogP contribution in [0, 0.1) is 6.92 Å². The molecule has 0 fully saturated rings. The van der Waals surface area contributed by atoms with Gasteiger partial charge in [0.15, 0.2) is 5.78 Å². The molecule has 0 amide bonds. The number of aliphatic hydroxyl groups is 3. The van der Waals surface area contributed by atoms with Crippen LogP contribution in [0.15, 0.2) is 84.7 Å². The molecule has 0 bridgehead atoms. The van der Waals surface area contributed by atoms with Crippen LogP contribution >= 0.6 is 0 Å². The maximum Gasteiger partial charge on any atom is 0.182 e. The fourth-order valence-corrected chi connectivity index (χ4v) is 2.87. The van der Waals surface area contributed by atoms with Crippen LogP contribution in [0.1, 0.15) is 27.8 Å². The largest absolute Gasteiger partial charge is 0.508 e. The first-order valence-electron chi connectivity index (χ1n) is 10.1. The van der Waals surface area contributed by atoms with Gasteiger partial charge in [-0.3, -0.25) is 4.79 Å². The van der Waals surface area contributed by atoms with Crippen molar-refractivity contribution < 1.29 is 24.9 Å². The number of carbonyl (C=O) groups excluding carboxylic acids is 1. The van der Waals surface area contributed by atoms with E-state index >= 15 is 0 Å². The topological polar surface area (TPSA) is 87.0 Å². The number of ether oxygens (including phenoxy) is 1. The van der Waals surface area contributed by atoms with Crippen molar-refractivity contribution in [2.24, 2.45) is 0 Å². The molecule has 0 aromatic heterocycles. The Morgan fingerprint density at radius 2 is 1.50 bits per heavy atom. The summed E-state index contributed by atoms with van der Waals surface area (Å²) in [5.41, 5.74) is 4.19. The molecule has 0 radical (unpaired) electrons. The minimum absolute atomic E-state index is 0.128. The summed E-state index contributed by atoms with van der Waals surface area (Å²) in [6, 6.07) is 11.2. The lowest BCUT2D eigenvalue weighted by molar-refractivity contribution is -0.110. The van der Waals surface area contributed by atoms with Crippen LogP contribution in [-0.4, -0.2) is 28.2 Å². The van der Waals surface area contributed by atoms with Crippen LogP contribution < -0.4 is 4.74 Å². The molecule has 0 spiro atoms. The van der Waals surface area contributed by atoms with Crippen molar-refractivity contribution in [2.45, 2.75) is 20.1 Å². The van der Waals surface area contributed by atoms with Crippen LogP contribution in [0.4, 0.5) is 0 Å². The number of ketones is 1. The van der Waals surface area contributed by atoms with Gasteiger partial charge in [-0.05, 0) is 59.0 Å². The Kier molecular flexibility index (Phi) is 9.91. The summed E-state index contributed by atoms with van der Waals surface area (Å²) in [4.78, 5) is 11.9. The Morgan fingerprint density at radius 1 is 0.875 bits per heavy atom. The minimum Gasteiger partial charge on any atom is -0.508 e. The van der Waals surface area contributed by atoms with Crippen molar-refractivity contribution in [1.29, 1.82) is 0 Å². The van der Waals surface area contributed by atoms with E-state index < -0.39 is 0 Å². The fourth-order valence-electron chi connectivity index (χ4n) is 2.87. The van der Waals surface area contributed by atoms with E-state index in [9.17, 15) is 20.1 Å². The van der Waals surface area contributed by atoms with Gasteiger partial charge >= 0.3 is 0 Å². The smallest absolute Gasteiger partial charge is 0.182 e. The number of rotatable bonds is 10. The Bertz CT molecular complexity index is 1070. The molecule has 5 nitrogen and oxygen atoms in total. The van der Waals surface area contributed by atoms with Gasteiger partial charge in [0.05, 0.1) is 20.3 Å². The molecule has 0 atom stereocenters. The predicted octanol–water partition coefficient (Wildman–Crippen LogP) is 4.84. The lowest BCUT2D eigenvalue weighted by Gasteiger charge is -2.05. The SMILES string of the molecule is COc1cc(/C=C/C=C/C(=O)/C=C(O)/C=C/C=C/c2ccc(CO)c(CO)c2)ccc1C. The van der Waals surface area contributed by atoms with Gasteiger partial charge in [0.1, 0.15) is 11.5 Å². The summed E-state index contributed by atoms with van der Waals surface area (Å²) in [5, 5.41) is 28.4. The van der Waals surface area contributed by atoms with Gasteiger partial charge in [-0.2, -0.15) is 0 Å². The molecular weight excluding hydrogens is 404 g/mol. The van der Waals surface area contributed by atoms with Crippen LogP contribution in [0.25, 0.3) is 12.2 Å². The van der Waals surface area contributed by atoms with Gasteiger partial charge in [0, 0.05) is 6.08 Å². The van der Waals surface area contributed by atoms with Crippen LogP contribution in [0.2, 0.25) is 0 Å². The van der Waals surface area contributed by atoms with Gasteiger partial charge in [-0.15, -0.1) is 0 Å². The average molecular weight is 433 g/mol. The van der Waals surface area contributed by atoms with Gasteiger partial charge in [-0.25, -0.2) is 0 Å². The van der Waals surface area contributed by atoms with Crippen molar-refractivity contribution in [1.82, 2.24) is 0 Å². The van der Waals surface area contributed by atoms with E-state index in [4.69, 9.17) is 4.74 Å². The number of benzene rings is 2. The highest BCUT2D eigenvalue weighted by molar-refractivity contribution is 5.99. The first-order chi connectivity index (χ1) is 15.5. The second-order valence-corrected chi connectivity index (χ2v) is 6.98. The van der Waals surface area contributed by atoms with Crippen LogP contribution in [0.5, 0.6) is 5.75 Å². The van der Waals surface area contributed by atoms with Gasteiger partial charge in [-0.1, -0.05) is 60.7 Å². The highest BCUT2D eigenvalue weighted by Crippen LogP contribution is 2.19. The summed E-state index contributed by atoms with van der Waals surface area (Å²) >= 11 is 0. The van der Waals surface area contributed by atoms with Gasteiger partial charge in [0.25, 0.3) is 0 Å². The molecule has 0 saturated heterocycles. The number of allylic oxidation sites excluding steroid dienone is 7. The molecule has 2 aromatic carbocycles. The van der Waals surface area contributed by atoms with Gasteiger partial charge < -0.3 is 20.1 Å². The Morgan fingerprint density at radius 3 is 2.16 bits per heavy atom. The zero-order chi connectivity index (χ0) is 23.3. The normalized spacial score (nSPS) is 12.6. The van der Waals surface area contributed by atoms with Crippen molar-refractivity contribution in [3.63, 3.8) is 0 Å². The molecule has 0 heterocycles. The summed E-state index contributed by atoms with van der Waals surface area (Å²) in [6.45, 7) is 1.69. The highest BCUT2D eigenvalue weighted by atomic mass is 16.5. The molecule has 0 aliphatic heterocycles. The third kappa shape index (κ3) is 7.87. The Balaban J connectivity index is 1.91. The maximum atomic E-state index is 11.9. The lowest BCUT2D eigenvalue weighted by Crippen LogP contribution is -1.94. The highest BCUT2D eigenvalue weighted by Gasteiger charge is 2.00. The second-order valence-electron chi connectivity index (χ2n) is 6.98. The third-order valence-corrected chi connectivity index (χ3v) is 4.62. The molecule has 0 saturated carbocycles. The first-order valence-corrected chi connectivity index (χ1v) is 10.1. The second kappa shape index (κ2) is 12.9. The molecule has 2 aromatic rings. The number of aliphatic hydroxyl groups excluding tert-OH is 3. The van der Waals surface area contributed by atoms with E-state index in [1.807, 2.05) is 37.3 Å². The average Bonchev–Trinajstić information content (AvgIpc) is 2.80. The summed E-state index contributed by atoms with van der Waals surface area (Å²) < 4.78 is 5.29. The fraction of sp³-hybridized carbons (Fsp3) is 0.148. The Hall–Kier alpha value is -3.67. The predicted molar refractivity (Wildman–Crippen MR) is 128 cm³/mol. The molecule has 0 aliphatic rings. The number of carbonyl (C=O) groups is 1. The Labute approximate surface area is 188 Å². The molecule has 32 heavy (non-hydrogen) atoms. The van der Waals surface area contributed by atoms with Crippen molar-refractivity contribution >= 4 is 17.9 Å². The van der Waals surface area contributed by atoms with E-state index in [1.54, 1.807) is 49.6 Å². The first kappa shape index (κ1) is 24.6. The summed E-state index contributed by atoms with van der Waals surface area (Å²) in [6.07, 6.45) is 14.2. The maximum absolute atomic E-state index is 11.9. The monoisotopic (exact) mass is 432 g/mol. The zero-order valence-corrected chi connectivity index (χ0v) is 18.2. The summed E-state index contributed by atoms with van der Waals surface area (Å²) in [5.74, 6) is 0.301. The van der Waals surface area contributed by atoms with E-state index in [0.29, 0.717) is 11.1 Å². The third-order valence-electron chi connectivity index (χ3n) is 4.62. The van der Waals surface area contributed by atoms with E-state index in [0.717, 1.165) is 28.5 Å². The molecule has 166 valence electrons. The van der Waals surface area contributed by atoms with Crippen molar-refractivity contribution in [3.05, 3.63) is 113 Å². The molecule has 5 heteroatoms. The van der Waals surface area contributed by atoms with Crippen molar-refractivity contribution in [2.75, 3.05) is 7.11 Å². The van der Waals surface area contributed by atoms with E-state index in [1.165, 1.54) is 12.2 Å². The molecular formula is C27H28O5. The van der Waals surface area contributed by atoms with Crippen molar-refractivity contribution in [3.8, 4) is 5.75 Å². The standard InChI is InChI=1S/C27H28O5/c1-20-11-12-22(16-27(20)32-2)8-4-6-10-26(31)17-25(30)9-5-3-7-21-13-14-23(18-28)24(15-21)19-29/h3-17,28-30H,18-19H2,1-2H3/b7-3+,8-4+,9-5+,10-6+,25-17-. The number of methoxy groups -OCH3 is 1. The molecule has 3 N–H and O–H groups in total. The molecule has 0 aliphatic carbocycles. The minimum atomic E-state index is -0.338. The zero-order valence-electron chi connectivity index (χ0n) is 18.2. The van der Waals surface area contributed by atoms with Crippen LogP contribution in [0.3, 0.4) is 0 Å². The van der Waals surface area contributed by atoms with Gasteiger partial charge in [0.2, 0.25) is 0 Å². The molecule has 0 unspecified atom stereocenters. The van der Waals surface area contributed by atoms with E-state index in [-0.39, 0.29) is 24.8 Å². The number of aryl methyl sites for hydroxylation is 1. The number of hydrogen-bond acceptors (Lipinski definition) is 5.